The molecule has 0 bridgehead atoms. The topological polar surface area (TPSA) is 81.8 Å². The second-order valence-electron chi connectivity index (χ2n) is 5.02. The minimum Gasteiger partial charge on any atom is -0.477 e. The van der Waals surface area contributed by atoms with Crippen LogP contribution in [0.1, 0.15) is 0 Å². The van der Waals surface area contributed by atoms with E-state index in [0.717, 1.165) is 10.8 Å². The zero-order valence-corrected chi connectivity index (χ0v) is 11.7. The van der Waals surface area contributed by atoms with Crippen molar-refractivity contribution < 1.29 is 14.3 Å². The van der Waals surface area contributed by atoms with Gasteiger partial charge in [0.25, 0.3) is 5.91 Å². The summed E-state index contributed by atoms with van der Waals surface area (Å²) < 4.78 is 5.80. The first kappa shape index (κ1) is 14.0. The first-order valence-electron chi connectivity index (χ1n) is 6.79. The van der Waals surface area contributed by atoms with Gasteiger partial charge in [-0.15, -0.1) is 0 Å². The van der Waals surface area contributed by atoms with Gasteiger partial charge < -0.3 is 15.3 Å². The van der Waals surface area contributed by atoms with Crippen LogP contribution in [0.5, 0.6) is 5.75 Å². The van der Waals surface area contributed by atoms with Crippen LogP contribution >= 0.6 is 0 Å². The zero-order chi connectivity index (χ0) is 15.6. The minimum atomic E-state index is -1.40. The smallest absolute Gasteiger partial charge is 0.261 e. The third-order valence-corrected chi connectivity index (χ3v) is 3.61. The highest BCUT2D eigenvalue weighted by Gasteiger charge is 2.43. The Morgan fingerprint density at radius 2 is 2.00 bits per heavy atom. The van der Waals surface area contributed by atoms with Crippen molar-refractivity contribution in [2.75, 3.05) is 0 Å². The quantitative estimate of drug-likeness (QED) is 0.851. The van der Waals surface area contributed by atoms with E-state index in [1.54, 1.807) is 12.1 Å². The zero-order valence-electron chi connectivity index (χ0n) is 11.7. The number of hydrogen-bond acceptors (Lipinski definition) is 4. The summed E-state index contributed by atoms with van der Waals surface area (Å²) in [5.41, 5.74) is 4.04. The van der Waals surface area contributed by atoms with Crippen molar-refractivity contribution in [3.8, 4) is 5.75 Å². The molecule has 0 radical (unpaired) electrons. The molecular weight excluding hydrogens is 280 g/mol. The van der Waals surface area contributed by atoms with Gasteiger partial charge in [-0.3, -0.25) is 9.79 Å². The van der Waals surface area contributed by atoms with Gasteiger partial charge in [-0.05, 0) is 23.6 Å². The molecular formula is C17H14N2O3. The third-order valence-electron chi connectivity index (χ3n) is 3.61. The summed E-state index contributed by atoms with van der Waals surface area (Å²) in [6.45, 7) is 0. The van der Waals surface area contributed by atoms with Crippen LogP contribution in [0.4, 0.5) is 0 Å². The van der Waals surface area contributed by atoms with E-state index in [0.29, 0.717) is 12.0 Å². The fourth-order valence-corrected chi connectivity index (χ4v) is 2.50. The molecule has 2 unspecified atom stereocenters. The number of primary amides is 1. The number of hydrogen-bond donors (Lipinski definition) is 1. The van der Waals surface area contributed by atoms with Crippen LogP contribution in [0.3, 0.4) is 0 Å². The average Bonchev–Trinajstić information content (AvgIpc) is 3.02. The summed E-state index contributed by atoms with van der Waals surface area (Å²) in [6, 6.07) is 13.1. The molecule has 1 amide bonds. The summed E-state index contributed by atoms with van der Waals surface area (Å²) in [6.07, 6.45) is 3.94. The molecule has 1 aliphatic heterocycles. The molecule has 2 atom stereocenters. The van der Waals surface area contributed by atoms with Crippen LogP contribution in [-0.2, 0) is 9.59 Å². The van der Waals surface area contributed by atoms with E-state index >= 15 is 0 Å². The molecule has 3 rings (SSSR count). The normalized spacial score (nSPS) is 20.9. The number of aliphatic imine (C=N–C) groups is 1. The van der Waals surface area contributed by atoms with Crippen molar-refractivity contribution in [3.63, 3.8) is 0 Å². The van der Waals surface area contributed by atoms with Crippen molar-refractivity contribution in [1.82, 2.24) is 0 Å². The highest BCUT2D eigenvalue weighted by Crippen LogP contribution is 2.30. The van der Waals surface area contributed by atoms with Gasteiger partial charge in [-0.1, -0.05) is 36.4 Å². The van der Waals surface area contributed by atoms with Crippen LogP contribution in [0.15, 0.2) is 59.6 Å². The molecule has 0 fully saturated rings. The van der Waals surface area contributed by atoms with Gasteiger partial charge in [-0.2, -0.15) is 0 Å². The second kappa shape index (κ2) is 5.44. The number of benzene rings is 2. The highest BCUT2D eigenvalue weighted by atomic mass is 16.5. The van der Waals surface area contributed by atoms with Gasteiger partial charge in [-0.25, -0.2) is 0 Å². The standard InChI is InChI=1S/C17H14N2O3/c18-16(21)15(17(11-20)9-4-10-19-17)22-14-8-3-6-12-5-1-2-7-13(12)14/h1-11,15H,(H2,18,21). The maximum Gasteiger partial charge on any atom is 0.261 e. The molecule has 5 nitrogen and oxygen atoms in total. The van der Waals surface area contributed by atoms with Gasteiger partial charge in [0.05, 0.1) is 0 Å². The SMILES string of the molecule is NC(=O)C(Oc1cccc2ccccc12)C1(C=O)C=CC=N1. The largest absolute Gasteiger partial charge is 0.477 e. The number of aldehydes is 1. The van der Waals surface area contributed by atoms with Gasteiger partial charge in [0.2, 0.25) is 6.10 Å². The minimum absolute atomic E-state index is 0.485. The number of nitrogens with zero attached hydrogens (tertiary/aromatic N) is 1. The van der Waals surface area contributed by atoms with E-state index in [2.05, 4.69) is 4.99 Å². The lowest BCUT2D eigenvalue weighted by Gasteiger charge is -2.27. The van der Waals surface area contributed by atoms with Crippen LogP contribution in [0, 0.1) is 0 Å². The number of fused-ring (bicyclic) bond motifs is 1. The average molecular weight is 294 g/mol. The lowest BCUT2D eigenvalue weighted by molar-refractivity contribution is -0.130. The number of allylic oxidation sites excluding steroid dienone is 1. The summed E-state index contributed by atoms with van der Waals surface area (Å²) in [5.74, 6) is -0.262. The van der Waals surface area contributed by atoms with Gasteiger partial charge in [0.1, 0.15) is 5.75 Å². The first-order chi connectivity index (χ1) is 10.7. The first-order valence-corrected chi connectivity index (χ1v) is 6.79. The fraction of sp³-hybridized carbons (Fsp3) is 0.118. The summed E-state index contributed by atoms with van der Waals surface area (Å²) in [7, 11) is 0. The van der Waals surface area contributed by atoms with Gasteiger partial charge >= 0.3 is 0 Å². The van der Waals surface area contributed by atoms with E-state index in [1.807, 2.05) is 36.4 Å². The number of rotatable bonds is 5. The molecule has 2 aromatic carbocycles. The maximum absolute atomic E-state index is 11.8. The van der Waals surface area contributed by atoms with Crippen molar-refractivity contribution in [3.05, 3.63) is 54.6 Å². The van der Waals surface area contributed by atoms with Gasteiger partial charge in [0.15, 0.2) is 11.8 Å². The summed E-state index contributed by atoms with van der Waals surface area (Å²) in [5, 5.41) is 1.80. The molecule has 22 heavy (non-hydrogen) atoms. The molecule has 0 aliphatic carbocycles. The molecule has 0 saturated heterocycles. The number of ether oxygens (including phenoxy) is 1. The van der Waals surface area contributed by atoms with Crippen LogP contribution in [0.25, 0.3) is 10.8 Å². The van der Waals surface area contributed by atoms with Crippen molar-refractivity contribution in [2.24, 2.45) is 10.7 Å². The van der Waals surface area contributed by atoms with E-state index in [1.165, 1.54) is 12.3 Å². The predicted molar refractivity (Wildman–Crippen MR) is 84.0 cm³/mol. The molecule has 1 aliphatic rings. The molecule has 0 saturated carbocycles. The Bertz CT molecular complexity index is 778. The Morgan fingerprint density at radius 3 is 2.68 bits per heavy atom. The van der Waals surface area contributed by atoms with Gasteiger partial charge in [0, 0.05) is 11.6 Å². The highest BCUT2D eigenvalue weighted by molar-refractivity contribution is 5.94. The summed E-state index contributed by atoms with van der Waals surface area (Å²) in [4.78, 5) is 27.4. The molecule has 5 heteroatoms. The fourth-order valence-electron chi connectivity index (χ4n) is 2.50. The molecule has 1 heterocycles. The van der Waals surface area contributed by atoms with Crippen LogP contribution < -0.4 is 10.5 Å². The van der Waals surface area contributed by atoms with E-state index in [-0.39, 0.29) is 0 Å². The monoisotopic (exact) mass is 294 g/mol. The molecule has 2 aromatic rings. The molecule has 110 valence electrons. The Kier molecular flexibility index (Phi) is 3.47. The Hall–Kier alpha value is -2.95. The number of carbonyl (C=O) groups is 2. The lowest BCUT2D eigenvalue weighted by Crippen LogP contribution is -2.51. The third kappa shape index (κ3) is 2.26. The molecule has 0 spiro atoms. The van der Waals surface area contributed by atoms with Crippen molar-refractivity contribution in [2.45, 2.75) is 11.6 Å². The Balaban J connectivity index is 2.04. The van der Waals surface area contributed by atoms with Crippen LogP contribution in [-0.4, -0.2) is 30.1 Å². The Morgan fingerprint density at radius 1 is 1.23 bits per heavy atom. The predicted octanol–water partition coefficient (Wildman–Crippen LogP) is 1.65. The van der Waals surface area contributed by atoms with Crippen molar-refractivity contribution in [1.29, 1.82) is 0 Å². The van der Waals surface area contributed by atoms with E-state index in [4.69, 9.17) is 10.5 Å². The Labute approximate surface area is 127 Å². The second-order valence-corrected chi connectivity index (χ2v) is 5.02. The molecule has 0 aromatic heterocycles. The number of carbonyl (C=O) groups excluding carboxylic acids is 2. The van der Waals surface area contributed by atoms with Crippen molar-refractivity contribution >= 4 is 29.2 Å². The lowest BCUT2D eigenvalue weighted by atomic mass is 9.94. The maximum atomic E-state index is 11.8. The summed E-state index contributed by atoms with van der Waals surface area (Å²) >= 11 is 0. The number of nitrogens with two attached hydrogens (primary N) is 1. The molecule has 2 N–H and O–H groups in total. The van der Waals surface area contributed by atoms with E-state index in [9.17, 15) is 9.59 Å². The number of amides is 1. The van der Waals surface area contributed by atoms with E-state index < -0.39 is 17.6 Å². The van der Waals surface area contributed by atoms with Crippen LogP contribution in [0.2, 0.25) is 0 Å².